The van der Waals surface area contributed by atoms with Crippen LogP contribution in [0.25, 0.3) is 21.5 Å². The Bertz CT molecular complexity index is 1260. The van der Waals surface area contributed by atoms with Gasteiger partial charge < -0.3 is 14.6 Å². The Morgan fingerprint density at radius 3 is 3.13 bits per heavy atom. The number of H-pyrrole nitrogens is 1. The van der Waals surface area contributed by atoms with Crippen LogP contribution in [0, 0.1) is 0 Å². The number of aromatic amines is 1. The second kappa shape index (κ2) is 7.14. The zero-order chi connectivity index (χ0) is 21.0. The average Bonchev–Trinajstić information content (AvgIpc) is 3.38. The summed E-state index contributed by atoms with van der Waals surface area (Å²) in [6.07, 6.45) is 7.60. The summed E-state index contributed by atoms with van der Waals surface area (Å²) in [5, 5.41) is 2.37. The Morgan fingerprint density at radius 2 is 2.19 bits per heavy atom. The van der Waals surface area contributed by atoms with Crippen LogP contribution < -0.4 is 4.90 Å². The molecular formula is C24H25N5OS. The molecule has 6 nitrogen and oxygen atoms in total. The molecule has 0 bridgehead atoms. The summed E-state index contributed by atoms with van der Waals surface area (Å²) < 4.78 is 5.89. The van der Waals surface area contributed by atoms with Crippen LogP contribution in [0.4, 0.5) is 5.13 Å². The molecule has 0 radical (unpaired) electrons. The lowest BCUT2D eigenvalue weighted by Gasteiger charge is -2.35. The van der Waals surface area contributed by atoms with Gasteiger partial charge in [-0.1, -0.05) is 43.4 Å². The van der Waals surface area contributed by atoms with Crippen molar-refractivity contribution in [3.63, 3.8) is 0 Å². The highest BCUT2D eigenvalue weighted by Gasteiger charge is 2.36. The van der Waals surface area contributed by atoms with Crippen molar-refractivity contribution in [1.29, 1.82) is 0 Å². The van der Waals surface area contributed by atoms with Crippen LogP contribution in [0.5, 0.6) is 0 Å². The molecule has 4 heterocycles. The maximum absolute atomic E-state index is 5.89. The lowest BCUT2D eigenvalue weighted by Crippen LogP contribution is -2.46. The summed E-state index contributed by atoms with van der Waals surface area (Å²) in [5.41, 5.74) is 5.93. The van der Waals surface area contributed by atoms with Crippen molar-refractivity contribution in [1.82, 2.24) is 19.9 Å². The molecule has 3 aromatic heterocycles. The SMILES string of the molecule is CC1(C)Cc2nc(N3CCOC[C@@H]3Cc3c[nH]c4ccccc34)sc2-c2ncncc21. The number of hydrogen-bond donors (Lipinski definition) is 1. The molecule has 4 aromatic rings. The molecule has 2 aliphatic rings. The van der Waals surface area contributed by atoms with E-state index in [-0.39, 0.29) is 11.5 Å². The predicted octanol–water partition coefficient (Wildman–Crippen LogP) is 4.36. The first kappa shape index (κ1) is 19.0. The van der Waals surface area contributed by atoms with Crippen molar-refractivity contribution in [2.75, 3.05) is 24.7 Å². The molecule has 0 amide bonds. The maximum Gasteiger partial charge on any atom is 0.186 e. The fourth-order valence-electron chi connectivity index (χ4n) is 4.92. The third kappa shape index (κ3) is 3.15. The Morgan fingerprint density at radius 1 is 1.29 bits per heavy atom. The molecule has 31 heavy (non-hydrogen) atoms. The molecule has 1 fully saturated rings. The Kier molecular flexibility index (Phi) is 4.36. The molecule has 1 aliphatic carbocycles. The minimum atomic E-state index is -0.0105. The van der Waals surface area contributed by atoms with E-state index in [2.05, 4.69) is 64.2 Å². The first-order valence-corrected chi connectivity index (χ1v) is 11.6. The summed E-state index contributed by atoms with van der Waals surface area (Å²) >= 11 is 1.77. The minimum absolute atomic E-state index is 0.0105. The second-order valence-electron chi connectivity index (χ2n) is 9.10. The number of morpholine rings is 1. The number of benzene rings is 1. The van der Waals surface area contributed by atoms with E-state index in [1.807, 2.05) is 6.20 Å². The first-order chi connectivity index (χ1) is 15.1. The molecule has 1 aliphatic heterocycles. The normalized spacial score (nSPS) is 19.9. The van der Waals surface area contributed by atoms with E-state index in [4.69, 9.17) is 9.72 Å². The lowest BCUT2D eigenvalue weighted by molar-refractivity contribution is 0.0941. The van der Waals surface area contributed by atoms with Gasteiger partial charge in [0.15, 0.2) is 5.13 Å². The third-order valence-corrected chi connectivity index (χ3v) is 7.70. The number of nitrogens with one attached hydrogen (secondary N) is 1. The van der Waals surface area contributed by atoms with Gasteiger partial charge in [0, 0.05) is 41.8 Å². The molecular weight excluding hydrogens is 406 g/mol. The van der Waals surface area contributed by atoms with Gasteiger partial charge in [-0.3, -0.25) is 0 Å². The number of nitrogens with zero attached hydrogens (tertiary/aromatic N) is 4. The molecule has 1 atom stereocenters. The molecule has 6 rings (SSSR count). The van der Waals surface area contributed by atoms with Gasteiger partial charge >= 0.3 is 0 Å². The predicted molar refractivity (Wildman–Crippen MR) is 124 cm³/mol. The van der Waals surface area contributed by atoms with Crippen molar-refractivity contribution in [2.45, 2.75) is 38.1 Å². The number of hydrogen-bond acceptors (Lipinski definition) is 6. The lowest BCUT2D eigenvalue weighted by atomic mass is 9.76. The summed E-state index contributed by atoms with van der Waals surface area (Å²) in [6, 6.07) is 8.75. The van der Waals surface area contributed by atoms with Gasteiger partial charge in [0.2, 0.25) is 0 Å². The van der Waals surface area contributed by atoms with Gasteiger partial charge in [0.25, 0.3) is 0 Å². The van der Waals surface area contributed by atoms with Crippen molar-refractivity contribution in [2.24, 2.45) is 0 Å². The zero-order valence-corrected chi connectivity index (χ0v) is 18.6. The average molecular weight is 432 g/mol. The topological polar surface area (TPSA) is 66.9 Å². The summed E-state index contributed by atoms with van der Waals surface area (Å²) in [5.74, 6) is 0. The standard InChI is InChI=1S/C24H25N5OS/c1-24(2)10-20-22(21-18(24)12-25-14-27-21)31-23(28-20)29-7-8-30-13-16(29)9-15-11-26-19-6-4-3-5-17(15)19/h3-6,11-12,14,16,26H,7-10,13H2,1-2H3/t16-/m0/s1. The number of thiazole rings is 1. The van der Waals surface area contributed by atoms with Gasteiger partial charge in [-0.25, -0.2) is 15.0 Å². The van der Waals surface area contributed by atoms with Crippen LogP contribution >= 0.6 is 11.3 Å². The summed E-state index contributed by atoms with van der Waals surface area (Å²) in [6.45, 7) is 6.82. The van der Waals surface area contributed by atoms with Crippen LogP contribution in [0.2, 0.25) is 0 Å². The van der Waals surface area contributed by atoms with E-state index in [9.17, 15) is 0 Å². The number of aromatic nitrogens is 4. The highest BCUT2D eigenvalue weighted by atomic mass is 32.1. The van der Waals surface area contributed by atoms with E-state index in [1.165, 1.54) is 26.9 Å². The largest absolute Gasteiger partial charge is 0.377 e. The second-order valence-corrected chi connectivity index (χ2v) is 10.1. The highest BCUT2D eigenvalue weighted by Crippen LogP contribution is 2.46. The van der Waals surface area contributed by atoms with Gasteiger partial charge in [0.05, 0.1) is 35.5 Å². The molecule has 7 heteroatoms. The molecule has 158 valence electrons. The number of para-hydroxylation sites is 1. The van der Waals surface area contributed by atoms with E-state index in [0.29, 0.717) is 6.61 Å². The van der Waals surface area contributed by atoms with E-state index in [1.54, 1.807) is 17.7 Å². The van der Waals surface area contributed by atoms with Gasteiger partial charge in [-0.2, -0.15) is 0 Å². The van der Waals surface area contributed by atoms with Crippen LogP contribution in [-0.2, 0) is 23.0 Å². The van der Waals surface area contributed by atoms with Gasteiger partial charge in [-0.05, 0) is 23.5 Å². The number of fused-ring (bicyclic) bond motifs is 4. The zero-order valence-electron chi connectivity index (χ0n) is 17.8. The Hall–Kier alpha value is -2.77. The van der Waals surface area contributed by atoms with E-state index < -0.39 is 0 Å². The van der Waals surface area contributed by atoms with Crippen LogP contribution in [-0.4, -0.2) is 45.7 Å². The monoisotopic (exact) mass is 431 g/mol. The van der Waals surface area contributed by atoms with Crippen LogP contribution in [0.15, 0.2) is 43.0 Å². The Balaban J connectivity index is 1.36. The maximum atomic E-state index is 5.89. The van der Waals surface area contributed by atoms with Crippen molar-refractivity contribution >= 4 is 27.4 Å². The number of rotatable bonds is 3. The molecule has 1 saturated heterocycles. The fraction of sp³-hybridized carbons (Fsp3) is 0.375. The summed E-state index contributed by atoms with van der Waals surface area (Å²) in [7, 11) is 0. The molecule has 0 spiro atoms. The fourth-order valence-corrected chi connectivity index (χ4v) is 6.11. The van der Waals surface area contributed by atoms with Crippen LogP contribution in [0.1, 0.15) is 30.7 Å². The third-order valence-electron chi connectivity index (χ3n) is 6.56. The molecule has 1 aromatic carbocycles. The summed E-state index contributed by atoms with van der Waals surface area (Å²) in [4.78, 5) is 21.1. The highest BCUT2D eigenvalue weighted by molar-refractivity contribution is 7.19. The number of anilines is 1. The van der Waals surface area contributed by atoms with Crippen molar-refractivity contribution < 1.29 is 4.74 Å². The van der Waals surface area contributed by atoms with E-state index >= 15 is 0 Å². The van der Waals surface area contributed by atoms with Gasteiger partial charge in [-0.15, -0.1) is 0 Å². The van der Waals surface area contributed by atoms with Crippen molar-refractivity contribution in [3.05, 3.63) is 59.8 Å². The van der Waals surface area contributed by atoms with Gasteiger partial charge in [0.1, 0.15) is 6.33 Å². The minimum Gasteiger partial charge on any atom is -0.377 e. The molecule has 0 saturated carbocycles. The first-order valence-electron chi connectivity index (χ1n) is 10.8. The number of ether oxygens (including phenoxy) is 1. The quantitative estimate of drug-likeness (QED) is 0.522. The van der Waals surface area contributed by atoms with Crippen molar-refractivity contribution in [3.8, 4) is 10.6 Å². The molecule has 1 N–H and O–H groups in total. The van der Waals surface area contributed by atoms with Crippen LogP contribution in [0.3, 0.4) is 0 Å². The van der Waals surface area contributed by atoms with E-state index in [0.717, 1.165) is 42.5 Å². The Labute approximate surface area is 185 Å². The smallest absolute Gasteiger partial charge is 0.186 e. The molecule has 0 unspecified atom stereocenters.